The third-order valence-electron chi connectivity index (χ3n) is 3.04. The minimum Gasteiger partial charge on any atom is -0.463 e. The molecule has 0 saturated heterocycles. The summed E-state index contributed by atoms with van der Waals surface area (Å²) in [6, 6.07) is 6.73. The van der Waals surface area contributed by atoms with Gasteiger partial charge in [0, 0.05) is 19.1 Å². The topological polar surface area (TPSA) is 93.7 Å². The Labute approximate surface area is 148 Å². The summed E-state index contributed by atoms with van der Waals surface area (Å²) in [5.41, 5.74) is 0.385. The molecule has 2 amide bonds. The van der Waals surface area contributed by atoms with Gasteiger partial charge >= 0.3 is 5.97 Å². The van der Waals surface area contributed by atoms with Gasteiger partial charge in [-0.3, -0.25) is 14.4 Å². The molecule has 0 aliphatic heterocycles. The number of para-hydroxylation sites is 1. The fraction of sp³-hybridized carbons (Fsp3) is 0.500. The highest BCUT2D eigenvalue weighted by Crippen LogP contribution is 2.16. The first kappa shape index (κ1) is 20.6. The molecule has 138 valence electrons. The molecule has 0 aliphatic rings. The maximum atomic E-state index is 12.3. The van der Waals surface area contributed by atoms with Crippen LogP contribution >= 0.6 is 0 Å². The van der Waals surface area contributed by atoms with E-state index in [2.05, 4.69) is 10.6 Å². The molecule has 7 heteroatoms. The third-order valence-corrected chi connectivity index (χ3v) is 3.04. The second kappa shape index (κ2) is 9.78. The van der Waals surface area contributed by atoms with Crippen LogP contribution in [-0.2, 0) is 19.1 Å². The fourth-order valence-corrected chi connectivity index (χ4v) is 1.94. The van der Waals surface area contributed by atoms with Crippen LogP contribution < -0.4 is 10.6 Å². The van der Waals surface area contributed by atoms with E-state index in [0.717, 1.165) is 0 Å². The number of nitrogens with one attached hydrogen (secondary N) is 2. The largest absolute Gasteiger partial charge is 0.463 e. The molecule has 2 N–H and O–H groups in total. The van der Waals surface area contributed by atoms with Gasteiger partial charge in [0.05, 0.1) is 24.3 Å². The number of ether oxygens (including phenoxy) is 2. The van der Waals surface area contributed by atoms with Crippen LogP contribution in [0.1, 0.15) is 44.0 Å². The fourth-order valence-electron chi connectivity index (χ4n) is 1.94. The number of carbonyl (C=O) groups is 3. The smallest absolute Gasteiger partial charge is 0.306 e. The van der Waals surface area contributed by atoms with Crippen molar-refractivity contribution in [2.75, 3.05) is 25.6 Å². The van der Waals surface area contributed by atoms with Gasteiger partial charge in [-0.05, 0) is 32.9 Å². The number of hydrogen-bond acceptors (Lipinski definition) is 5. The molecular weight excluding hydrogens is 324 g/mol. The Morgan fingerprint density at radius 3 is 2.36 bits per heavy atom. The molecule has 0 unspecified atom stereocenters. The van der Waals surface area contributed by atoms with Gasteiger partial charge in [0.1, 0.15) is 6.61 Å². The molecule has 0 aromatic heterocycles. The van der Waals surface area contributed by atoms with Gasteiger partial charge in [-0.1, -0.05) is 12.1 Å². The first-order chi connectivity index (χ1) is 11.7. The Morgan fingerprint density at radius 1 is 1.04 bits per heavy atom. The first-order valence-corrected chi connectivity index (χ1v) is 8.09. The summed E-state index contributed by atoms with van der Waals surface area (Å²) in [6.07, 6.45) is -0.0626. The second-order valence-electron chi connectivity index (χ2n) is 6.51. The van der Waals surface area contributed by atoms with Crippen molar-refractivity contribution in [2.45, 2.75) is 39.2 Å². The number of methoxy groups -OCH3 is 1. The van der Waals surface area contributed by atoms with Crippen molar-refractivity contribution in [1.29, 1.82) is 0 Å². The van der Waals surface area contributed by atoms with Crippen molar-refractivity contribution in [1.82, 2.24) is 5.32 Å². The van der Waals surface area contributed by atoms with Crippen LogP contribution in [-0.4, -0.2) is 43.6 Å². The molecule has 0 radical (unpaired) electrons. The van der Waals surface area contributed by atoms with E-state index < -0.39 is 5.97 Å². The first-order valence-electron chi connectivity index (χ1n) is 8.09. The predicted octanol–water partition coefficient (Wildman–Crippen LogP) is 2.12. The summed E-state index contributed by atoms with van der Waals surface area (Å²) in [5, 5.41) is 5.52. The van der Waals surface area contributed by atoms with E-state index in [1.54, 1.807) is 24.3 Å². The van der Waals surface area contributed by atoms with Crippen molar-refractivity contribution >= 4 is 23.5 Å². The molecule has 1 aromatic rings. The van der Waals surface area contributed by atoms with Crippen molar-refractivity contribution in [2.24, 2.45) is 0 Å². The van der Waals surface area contributed by atoms with Crippen LogP contribution in [0.5, 0.6) is 0 Å². The Bertz CT molecular complexity index is 608. The molecule has 0 saturated carbocycles. The molecule has 1 rings (SSSR count). The maximum absolute atomic E-state index is 12.3. The molecule has 7 nitrogen and oxygen atoms in total. The molecule has 0 aliphatic carbocycles. The average molecular weight is 350 g/mol. The number of anilines is 1. The zero-order chi connectivity index (χ0) is 18.9. The molecule has 0 fully saturated rings. The Hall–Kier alpha value is -2.41. The number of rotatable bonds is 8. The quantitative estimate of drug-likeness (QED) is 0.553. The summed E-state index contributed by atoms with van der Waals surface area (Å²) >= 11 is 0. The van der Waals surface area contributed by atoms with E-state index in [1.165, 1.54) is 7.11 Å². The van der Waals surface area contributed by atoms with Gasteiger partial charge in [0.15, 0.2) is 0 Å². The minimum absolute atomic E-state index is 0.0267. The predicted molar refractivity (Wildman–Crippen MR) is 94.4 cm³/mol. The van der Waals surface area contributed by atoms with Gasteiger partial charge in [0.25, 0.3) is 5.91 Å². The van der Waals surface area contributed by atoms with E-state index in [0.29, 0.717) is 17.9 Å². The molecule has 0 spiro atoms. The van der Waals surface area contributed by atoms with E-state index in [-0.39, 0.29) is 36.8 Å². The van der Waals surface area contributed by atoms with Gasteiger partial charge in [-0.2, -0.15) is 0 Å². The SMILES string of the molecule is COCCOC(=O)CCC(=O)Nc1ccccc1C(=O)NC(C)(C)C. The monoisotopic (exact) mass is 350 g/mol. The standard InChI is InChI=1S/C18H26N2O5/c1-18(2,3)20-17(23)13-7-5-6-8-14(13)19-15(21)9-10-16(22)25-12-11-24-4/h5-8H,9-12H2,1-4H3,(H,19,21)(H,20,23). The average Bonchev–Trinajstić information content (AvgIpc) is 2.52. The zero-order valence-electron chi connectivity index (χ0n) is 15.2. The Morgan fingerprint density at radius 2 is 1.72 bits per heavy atom. The maximum Gasteiger partial charge on any atom is 0.306 e. The summed E-state index contributed by atoms with van der Waals surface area (Å²) < 4.78 is 9.66. The Balaban J connectivity index is 2.60. The van der Waals surface area contributed by atoms with Crippen LogP contribution in [0.15, 0.2) is 24.3 Å². The van der Waals surface area contributed by atoms with E-state index >= 15 is 0 Å². The van der Waals surface area contributed by atoms with E-state index in [4.69, 9.17) is 9.47 Å². The number of amides is 2. The summed E-state index contributed by atoms with van der Waals surface area (Å²) in [5.74, 6) is -1.10. The van der Waals surface area contributed by atoms with Gasteiger partial charge in [0.2, 0.25) is 5.91 Å². The van der Waals surface area contributed by atoms with Gasteiger partial charge in [-0.15, -0.1) is 0 Å². The van der Waals surface area contributed by atoms with Crippen LogP contribution in [0.3, 0.4) is 0 Å². The lowest BCUT2D eigenvalue weighted by molar-refractivity contribution is -0.145. The molecule has 1 aromatic carbocycles. The lowest BCUT2D eigenvalue weighted by Crippen LogP contribution is -2.40. The Kier molecular flexibility index (Phi) is 8.07. The molecule has 0 atom stereocenters. The van der Waals surface area contributed by atoms with Crippen molar-refractivity contribution in [3.8, 4) is 0 Å². The van der Waals surface area contributed by atoms with Crippen LogP contribution in [0.25, 0.3) is 0 Å². The zero-order valence-corrected chi connectivity index (χ0v) is 15.2. The number of carbonyl (C=O) groups excluding carboxylic acids is 3. The summed E-state index contributed by atoms with van der Waals surface area (Å²) in [4.78, 5) is 35.8. The normalized spacial score (nSPS) is 10.9. The van der Waals surface area contributed by atoms with Crippen molar-refractivity contribution in [3.63, 3.8) is 0 Å². The summed E-state index contributed by atoms with van der Waals surface area (Å²) in [6.45, 7) is 6.10. The molecular formula is C18H26N2O5. The lowest BCUT2D eigenvalue weighted by Gasteiger charge is -2.21. The highest BCUT2D eigenvalue weighted by molar-refractivity contribution is 6.04. The highest BCUT2D eigenvalue weighted by Gasteiger charge is 2.18. The molecule has 0 heterocycles. The van der Waals surface area contributed by atoms with E-state index in [1.807, 2.05) is 20.8 Å². The minimum atomic E-state index is -0.467. The van der Waals surface area contributed by atoms with Gasteiger partial charge < -0.3 is 20.1 Å². The summed E-state index contributed by atoms with van der Waals surface area (Å²) in [7, 11) is 1.51. The van der Waals surface area contributed by atoms with Gasteiger partial charge in [-0.25, -0.2) is 0 Å². The van der Waals surface area contributed by atoms with Crippen molar-refractivity contribution < 1.29 is 23.9 Å². The van der Waals surface area contributed by atoms with Crippen LogP contribution in [0, 0.1) is 0 Å². The number of hydrogen-bond donors (Lipinski definition) is 2. The molecule has 0 bridgehead atoms. The second-order valence-corrected chi connectivity index (χ2v) is 6.51. The lowest BCUT2D eigenvalue weighted by atomic mass is 10.1. The van der Waals surface area contributed by atoms with Crippen LogP contribution in [0.2, 0.25) is 0 Å². The molecule has 25 heavy (non-hydrogen) atoms. The van der Waals surface area contributed by atoms with E-state index in [9.17, 15) is 14.4 Å². The highest BCUT2D eigenvalue weighted by atomic mass is 16.6. The third kappa shape index (κ3) is 8.30. The van der Waals surface area contributed by atoms with Crippen molar-refractivity contribution in [3.05, 3.63) is 29.8 Å². The number of esters is 1. The number of benzene rings is 1. The van der Waals surface area contributed by atoms with Crippen LogP contribution in [0.4, 0.5) is 5.69 Å².